The van der Waals surface area contributed by atoms with Crippen LogP contribution in [0.2, 0.25) is 5.02 Å². The summed E-state index contributed by atoms with van der Waals surface area (Å²) >= 11 is 7.67. The predicted octanol–water partition coefficient (Wildman–Crippen LogP) is 4.16. The van der Waals surface area contributed by atoms with E-state index in [1.165, 1.54) is 0 Å². The normalized spacial score (nSPS) is 14.8. The average Bonchev–Trinajstić information content (AvgIpc) is 3.14. The van der Waals surface area contributed by atoms with E-state index in [0.717, 1.165) is 15.3 Å². The second kappa shape index (κ2) is 8.52. The fourth-order valence-corrected chi connectivity index (χ4v) is 4.00. The number of carbonyl (C=O) groups is 2. The highest BCUT2D eigenvalue weighted by Crippen LogP contribution is 2.30. The number of carbonyl (C=O) groups excluding carboxylic acids is 2. The van der Waals surface area contributed by atoms with Crippen LogP contribution in [0.25, 0.3) is 16.5 Å². The first-order chi connectivity index (χ1) is 12.6. The summed E-state index contributed by atoms with van der Waals surface area (Å²) in [7, 11) is 0. The number of halogens is 1. The van der Waals surface area contributed by atoms with E-state index < -0.39 is 0 Å². The van der Waals surface area contributed by atoms with E-state index in [1.807, 2.05) is 54.3 Å². The number of piperazine rings is 1. The molecular weight excluding hydrogens is 368 g/mol. The second-order valence-electron chi connectivity index (χ2n) is 6.11. The lowest BCUT2D eigenvalue weighted by Gasteiger charge is -2.34. The molecule has 1 aromatic carbocycles. The minimum Gasteiger partial charge on any atom is -0.339 e. The third-order valence-electron chi connectivity index (χ3n) is 4.37. The van der Waals surface area contributed by atoms with Crippen molar-refractivity contribution in [2.75, 3.05) is 26.2 Å². The SMILES string of the molecule is CCC(=O)N1CCN(C(=O)/C=C/c2ccc(-c3cccc(Cl)c3)s2)CC1. The van der Waals surface area contributed by atoms with Gasteiger partial charge in [0.2, 0.25) is 11.8 Å². The Bertz CT molecular complexity index is 823. The molecule has 0 unspecified atom stereocenters. The van der Waals surface area contributed by atoms with Gasteiger partial charge >= 0.3 is 0 Å². The molecular formula is C20H21ClN2O2S. The highest BCUT2D eigenvalue weighted by Gasteiger charge is 2.21. The summed E-state index contributed by atoms with van der Waals surface area (Å²) in [5.41, 5.74) is 1.07. The third-order valence-corrected chi connectivity index (χ3v) is 5.71. The number of hydrogen-bond acceptors (Lipinski definition) is 3. The van der Waals surface area contributed by atoms with Gasteiger partial charge < -0.3 is 9.80 Å². The standard InChI is InChI=1S/C20H21ClN2O2S/c1-2-19(24)22-10-12-23(13-11-22)20(25)9-7-17-6-8-18(26-17)15-4-3-5-16(21)14-15/h3-9,14H,2,10-13H2,1H3/b9-7+. The van der Waals surface area contributed by atoms with E-state index in [-0.39, 0.29) is 11.8 Å². The van der Waals surface area contributed by atoms with Gasteiger partial charge in [0.05, 0.1) is 0 Å². The summed E-state index contributed by atoms with van der Waals surface area (Å²) in [6.07, 6.45) is 3.98. The molecule has 0 spiro atoms. The Balaban J connectivity index is 1.59. The molecule has 4 nitrogen and oxygen atoms in total. The fourth-order valence-electron chi connectivity index (χ4n) is 2.90. The fraction of sp³-hybridized carbons (Fsp3) is 0.300. The van der Waals surface area contributed by atoms with Crippen molar-refractivity contribution in [1.29, 1.82) is 0 Å². The molecule has 6 heteroatoms. The van der Waals surface area contributed by atoms with Gasteiger partial charge in [-0.2, -0.15) is 0 Å². The zero-order valence-electron chi connectivity index (χ0n) is 14.7. The molecule has 2 heterocycles. The highest BCUT2D eigenvalue weighted by atomic mass is 35.5. The van der Waals surface area contributed by atoms with E-state index >= 15 is 0 Å². The maximum Gasteiger partial charge on any atom is 0.246 e. The van der Waals surface area contributed by atoms with Crippen molar-refractivity contribution < 1.29 is 9.59 Å². The lowest BCUT2D eigenvalue weighted by atomic mass is 10.2. The quantitative estimate of drug-likeness (QED) is 0.738. The molecule has 0 saturated carbocycles. The molecule has 2 amide bonds. The first kappa shape index (κ1) is 18.7. The smallest absolute Gasteiger partial charge is 0.246 e. The number of nitrogens with zero attached hydrogens (tertiary/aromatic N) is 2. The molecule has 26 heavy (non-hydrogen) atoms. The molecule has 1 saturated heterocycles. The van der Waals surface area contributed by atoms with Crippen molar-refractivity contribution in [2.24, 2.45) is 0 Å². The van der Waals surface area contributed by atoms with Crippen molar-refractivity contribution in [3.8, 4) is 10.4 Å². The molecule has 2 aromatic rings. The molecule has 136 valence electrons. The van der Waals surface area contributed by atoms with E-state index in [0.29, 0.717) is 37.6 Å². The molecule has 1 aliphatic rings. The maximum absolute atomic E-state index is 12.4. The number of rotatable bonds is 4. The van der Waals surface area contributed by atoms with Gasteiger partial charge in [-0.25, -0.2) is 0 Å². The Labute approximate surface area is 162 Å². The van der Waals surface area contributed by atoms with Crippen molar-refractivity contribution in [3.63, 3.8) is 0 Å². The minimum absolute atomic E-state index is 0.00805. The lowest BCUT2D eigenvalue weighted by molar-refractivity contribution is -0.136. The van der Waals surface area contributed by atoms with Gasteiger partial charge in [0, 0.05) is 53.5 Å². The molecule has 1 aromatic heterocycles. The summed E-state index contributed by atoms with van der Waals surface area (Å²) in [6, 6.07) is 11.8. The zero-order valence-corrected chi connectivity index (χ0v) is 16.2. The number of thiophene rings is 1. The molecule has 3 rings (SSSR count). The Kier molecular flexibility index (Phi) is 6.12. The molecule has 0 atom stereocenters. The monoisotopic (exact) mass is 388 g/mol. The minimum atomic E-state index is -0.00805. The van der Waals surface area contributed by atoms with E-state index in [9.17, 15) is 9.59 Å². The van der Waals surface area contributed by atoms with Crippen LogP contribution >= 0.6 is 22.9 Å². The predicted molar refractivity (Wildman–Crippen MR) is 107 cm³/mol. The van der Waals surface area contributed by atoms with Crippen molar-refractivity contribution in [1.82, 2.24) is 9.80 Å². The van der Waals surface area contributed by atoms with Crippen LogP contribution in [0.4, 0.5) is 0 Å². The molecule has 1 aliphatic heterocycles. The van der Waals surface area contributed by atoms with E-state index in [1.54, 1.807) is 22.3 Å². The zero-order chi connectivity index (χ0) is 18.5. The third kappa shape index (κ3) is 4.54. The molecule has 0 radical (unpaired) electrons. The van der Waals surface area contributed by atoms with Crippen LogP contribution in [0.15, 0.2) is 42.5 Å². The van der Waals surface area contributed by atoms with Gasteiger partial charge in [-0.05, 0) is 35.9 Å². The molecule has 0 aliphatic carbocycles. The van der Waals surface area contributed by atoms with Crippen molar-refractivity contribution >= 4 is 40.8 Å². The molecule has 0 N–H and O–H groups in total. The molecule has 1 fully saturated rings. The topological polar surface area (TPSA) is 40.6 Å². The van der Waals surface area contributed by atoms with Gasteiger partial charge in [0.1, 0.15) is 0 Å². The second-order valence-corrected chi connectivity index (χ2v) is 7.66. The number of benzene rings is 1. The van der Waals surface area contributed by atoms with Gasteiger partial charge in [0.15, 0.2) is 0 Å². The van der Waals surface area contributed by atoms with Crippen LogP contribution in [0.3, 0.4) is 0 Å². The largest absolute Gasteiger partial charge is 0.339 e. The first-order valence-corrected chi connectivity index (χ1v) is 9.87. The lowest BCUT2D eigenvalue weighted by Crippen LogP contribution is -2.50. The van der Waals surface area contributed by atoms with Gasteiger partial charge in [0.25, 0.3) is 0 Å². The first-order valence-electron chi connectivity index (χ1n) is 8.67. The Morgan fingerprint density at radius 2 is 1.85 bits per heavy atom. The van der Waals surface area contributed by atoms with Gasteiger partial charge in [-0.15, -0.1) is 11.3 Å². The van der Waals surface area contributed by atoms with Crippen molar-refractivity contribution in [2.45, 2.75) is 13.3 Å². The Hall–Kier alpha value is -2.11. The summed E-state index contributed by atoms with van der Waals surface area (Å²) < 4.78 is 0. The van der Waals surface area contributed by atoms with Crippen LogP contribution in [0.5, 0.6) is 0 Å². The summed E-state index contributed by atoms with van der Waals surface area (Å²) in [6.45, 7) is 4.27. The van der Waals surface area contributed by atoms with Crippen LogP contribution < -0.4 is 0 Å². The number of hydrogen-bond donors (Lipinski definition) is 0. The highest BCUT2D eigenvalue weighted by molar-refractivity contribution is 7.16. The number of amides is 2. The van der Waals surface area contributed by atoms with Gasteiger partial charge in [-0.1, -0.05) is 30.7 Å². The van der Waals surface area contributed by atoms with Crippen LogP contribution in [0.1, 0.15) is 18.2 Å². The van der Waals surface area contributed by atoms with Crippen LogP contribution in [-0.4, -0.2) is 47.8 Å². The van der Waals surface area contributed by atoms with Crippen LogP contribution in [0, 0.1) is 0 Å². The summed E-state index contributed by atoms with van der Waals surface area (Å²) in [4.78, 5) is 29.8. The van der Waals surface area contributed by atoms with E-state index in [4.69, 9.17) is 11.6 Å². The summed E-state index contributed by atoms with van der Waals surface area (Å²) in [5.74, 6) is 0.145. The summed E-state index contributed by atoms with van der Waals surface area (Å²) in [5, 5.41) is 0.712. The Morgan fingerprint density at radius 3 is 2.54 bits per heavy atom. The molecule has 0 bridgehead atoms. The Morgan fingerprint density at radius 1 is 1.12 bits per heavy atom. The maximum atomic E-state index is 12.4. The van der Waals surface area contributed by atoms with Gasteiger partial charge in [-0.3, -0.25) is 9.59 Å². The van der Waals surface area contributed by atoms with Crippen molar-refractivity contribution in [3.05, 3.63) is 52.4 Å². The average molecular weight is 389 g/mol. The van der Waals surface area contributed by atoms with E-state index in [2.05, 4.69) is 0 Å². The van der Waals surface area contributed by atoms with Crippen LogP contribution in [-0.2, 0) is 9.59 Å².